The van der Waals surface area contributed by atoms with Gasteiger partial charge < -0.3 is 4.42 Å². The summed E-state index contributed by atoms with van der Waals surface area (Å²) in [6.07, 6.45) is 4.25. The van der Waals surface area contributed by atoms with Gasteiger partial charge in [0.2, 0.25) is 0 Å². The lowest BCUT2D eigenvalue weighted by Crippen LogP contribution is -1.73. The lowest BCUT2D eigenvalue weighted by Gasteiger charge is -1.86. The Bertz CT molecular complexity index is 202. The first kappa shape index (κ1) is 6.62. The second-order valence-corrected chi connectivity index (χ2v) is 2.54. The molecule has 0 aliphatic rings. The number of allylic oxidation sites excluding steroid dienone is 1. The number of hydrogen-bond acceptors (Lipinski definition) is 1. The van der Waals surface area contributed by atoms with Crippen molar-refractivity contribution in [3.8, 4) is 0 Å². The van der Waals surface area contributed by atoms with E-state index in [-0.39, 0.29) is 0 Å². The van der Waals surface area contributed by atoms with Crippen LogP contribution in [0.2, 0.25) is 0 Å². The average molecular weight is 187 g/mol. The van der Waals surface area contributed by atoms with E-state index in [0.717, 1.165) is 16.7 Å². The Morgan fingerprint density at radius 3 is 3.00 bits per heavy atom. The molecule has 0 bridgehead atoms. The average Bonchev–Trinajstić information content (AvgIpc) is 2.18. The van der Waals surface area contributed by atoms with Crippen LogP contribution in [0.1, 0.15) is 5.76 Å². The molecular formula is C7H7BrO. The molecule has 0 fully saturated rings. The Morgan fingerprint density at radius 1 is 1.78 bits per heavy atom. The van der Waals surface area contributed by atoms with E-state index in [0.29, 0.717) is 0 Å². The van der Waals surface area contributed by atoms with Crippen molar-refractivity contribution in [2.24, 2.45) is 0 Å². The highest BCUT2D eigenvalue weighted by Gasteiger charge is 1.97. The fourth-order valence-electron chi connectivity index (χ4n) is 0.602. The summed E-state index contributed by atoms with van der Waals surface area (Å²) in [5.74, 6) is 0.935. The molecule has 0 atom stereocenters. The van der Waals surface area contributed by atoms with E-state index in [4.69, 9.17) is 4.42 Å². The Hall–Kier alpha value is -0.500. The first-order chi connectivity index (χ1) is 4.34. The van der Waals surface area contributed by atoms with Crippen molar-refractivity contribution in [2.75, 3.05) is 0 Å². The van der Waals surface area contributed by atoms with Gasteiger partial charge in [-0.3, -0.25) is 0 Å². The molecule has 0 saturated heterocycles. The number of hydrogen-bond donors (Lipinski definition) is 0. The zero-order valence-corrected chi connectivity index (χ0v) is 6.52. The zero-order chi connectivity index (χ0) is 6.69. The number of rotatable bonds is 2. The SMILES string of the molecule is C=CCc1occc1Br. The van der Waals surface area contributed by atoms with Crippen LogP contribution in [-0.4, -0.2) is 0 Å². The molecule has 0 saturated carbocycles. The summed E-state index contributed by atoms with van der Waals surface area (Å²) in [7, 11) is 0. The quantitative estimate of drug-likeness (QED) is 0.648. The zero-order valence-electron chi connectivity index (χ0n) is 4.93. The van der Waals surface area contributed by atoms with E-state index in [1.165, 1.54) is 0 Å². The van der Waals surface area contributed by atoms with Crippen LogP contribution in [0.4, 0.5) is 0 Å². The van der Waals surface area contributed by atoms with Crippen LogP contribution in [0.3, 0.4) is 0 Å². The summed E-state index contributed by atoms with van der Waals surface area (Å²) in [4.78, 5) is 0. The first-order valence-corrected chi connectivity index (χ1v) is 3.46. The van der Waals surface area contributed by atoms with Crippen LogP contribution in [0.5, 0.6) is 0 Å². The topological polar surface area (TPSA) is 13.1 Å². The predicted molar refractivity (Wildman–Crippen MR) is 40.3 cm³/mol. The molecule has 48 valence electrons. The van der Waals surface area contributed by atoms with Crippen molar-refractivity contribution in [1.82, 2.24) is 0 Å². The van der Waals surface area contributed by atoms with Gasteiger partial charge in [-0.1, -0.05) is 6.08 Å². The van der Waals surface area contributed by atoms with E-state index in [1.54, 1.807) is 6.26 Å². The molecule has 0 N–H and O–H groups in total. The van der Waals surface area contributed by atoms with Crippen molar-refractivity contribution in [3.05, 3.63) is 35.2 Å². The van der Waals surface area contributed by atoms with Gasteiger partial charge in [-0.2, -0.15) is 0 Å². The summed E-state index contributed by atoms with van der Waals surface area (Å²) in [5, 5.41) is 0. The van der Waals surface area contributed by atoms with E-state index in [1.807, 2.05) is 12.1 Å². The Kier molecular flexibility index (Phi) is 2.11. The largest absolute Gasteiger partial charge is 0.468 e. The highest BCUT2D eigenvalue weighted by Crippen LogP contribution is 2.17. The predicted octanol–water partition coefficient (Wildman–Crippen LogP) is 2.77. The normalized spacial score (nSPS) is 9.44. The van der Waals surface area contributed by atoms with Gasteiger partial charge in [-0.05, 0) is 22.0 Å². The highest BCUT2D eigenvalue weighted by molar-refractivity contribution is 9.10. The summed E-state index contributed by atoms with van der Waals surface area (Å²) in [6.45, 7) is 3.60. The summed E-state index contributed by atoms with van der Waals surface area (Å²) in [5.41, 5.74) is 0. The molecule has 0 aliphatic heterocycles. The van der Waals surface area contributed by atoms with Gasteiger partial charge in [0.25, 0.3) is 0 Å². The van der Waals surface area contributed by atoms with Crippen LogP contribution in [0.15, 0.2) is 33.9 Å². The van der Waals surface area contributed by atoms with Gasteiger partial charge in [0, 0.05) is 6.42 Å². The van der Waals surface area contributed by atoms with E-state index < -0.39 is 0 Å². The third kappa shape index (κ3) is 1.45. The Morgan fingerprint density at radius 2 is 2.56 bits per heavy atom. The lowest BCUT2D eigenvalue weighted by molar-refractivity contribution is 0.521. The minimum atomic E-state index is 0.785. The van der Waals surface area contributed by atoms with Gasteiger partial charge in [0.15, 0.2) is 0 Å². The summed E-state index contributed by atoms with van der Waals surface area (Å²) < 4.78 is 6.10. The second-order valence-electron chi connectivity index (χ2n) is 1.68. The summed E-state index contributed by atoms with van der Waals surface area (Å²) >= 11 is 3.33. The minimum absolute atomic E-state index is 0.785. The van der Waals surface area contributed by atoms with Crippen LogP contribution >= 0.6 is 15.9 Å². The number of furan rings is 1. The maximum absolute atomic E-state index is 5.09. The maximum Gasteiger partial charge on any atom is 0.121 e. The molecule has 1 rings (SSSR count). The molecule has 2 heteroatoms. The van der Waals surface area contributed by atoms with Gasteiger partial charge in [0.1, 0.15) is 5.76 Å². The number of halogens is 1. The molecule has 0 radical (unpaired) electrons. The van der Waals surface area contributed by atoms with Crippen molar-refractivity contribution in [1.29, 1.82) is 0 Å². The van der Waals surface area contributed by atoms with Crippen LogP contribution < -0.4 is 0 Å². The fourth-order valence-corrected chi connectivity index (χ4v) is 0.965. The van der Waals surface area contributed by atoms with Crippen molar-refractivity contribution in [2.45, 2.75) is 6.42 Å². The maximum atomic E-state index is 5.09. The Balaban J connectivity index is 2.80. The summed E-state index contributed by atoms with van der Waals surface area (Å²) in [6, 6.07) is 1.87. The first-order valence-electron chi connectivity index (χ1n) is 2.67. The lowest BCUT2D eigenvalue weighted by atomic mass is 10.3. The van der Waals surface area contributed by atoms with Crippen molar-refractivity contribution in [3.63, 3.8) is 0 Å². The van der Waals surface area contributed by atoms with Gasteiger partial charge >= 0.3 is 0 Å². The monoisotopic (exact) mass is 186 g/mol. The van der Waals surface area contributed by atoms with E-state index in [9.17, 15) is 0 Å². The molecule has 0 aliphatic carbocycles. The third-order valence-corrected chi connectivity index (χ3v) is 1.73. The molecule has 1 aromatic rings. The van der Waals surface area contributed by atoms with E-state index >= 15 is 0 Å². The fraction of sp³-hybridized carbons (Fsp3) is 0.143. The van der Waals surface area contributed by atoms with Gasteiger partial charge in [-0.25, -0.2) is 0 Å². The van der Waals surface area contributed by atoms with Crippen LogP contribution in [0.25, 0.3) is 0 Å². The third-order valence-electron chi connectivity index (χ3n) is 1.02. The molecule has 0 amide bonds. The molecular weight excluding hydrogens is 180 g/mol. The molecule has 9 heavy (non-hydrogen) atoms. The molecule has 1 nitrogen and oxygen atoms in total. The second kappa shape index (κ2) is 2.87. The molecule has 0 spiro atoms. The van der Waals surface area contributed by atoms with Gasteiger partial charge in [0.05, 0.1) is 10.7 Å². The van der Waals surface area contributed by atoms with Crippen molar-refractivity contribution < 1.29 is 4.42 Å². The molecule has 1 heterocycles. The molecule has 0 unspecified atom stereocenters. The highest BCUT2D eigenvalue weighted by atomic mass is 79.9. The van der Waals surface area contributed by atoms with Crippen molar-refractivity contribution >= 4 is 15.9 Å². The van der Waals surface area contributed by atoms with Crippen LogP contribution in [0, 0.1) is 0 Å². The standard InChI is InChI=1S/C7H7BrO/c1-2-3-7-6(8)4-5-9-7/h2,4-5H,1,3H2. The smallest absolute Gasteiger partial charge is 0.121 e. The van der Waals surface area contributed by atoms with Gasteiger partial charge in [-0.15, -0.1) is 6.58 Å². The molecule has 1 aromatic heterocycles. The minimum Gasteiger partial charge on any atom is -0.468 e. The molecule has 0 aromatic carbocycles. The Labute approximate surface area is 62.5 Å². The van der Waals surface area contributed by atoms with Crippen LogP contribution in [-0.2, 0) is 6.42 Å². The van der Waals surface area contributed by atoms with E-state index in [2.05, 4.69) is 22.5 Å².